The molecule has 172 valence electrons. The van der Waals surface area contributed by atoms with Crippen LogP contribution in [0.2, 0.25) is 0 Å². The molecule has 0 bridgehead atoms. The fraction of sp³-hybridized carbons (Fsp3) is 0.320. The molecule has 0 fully saturated rings. The first-order valence-electron chi connectivity index (χ1n) is 11.1. The Kier molecular flexibility index (Phi) is 7.36. The molecule has 8 heteroatoms. The van der Waals surface area contributed by atoms with Gasteiger partial charge in [-0.3, -0.25) is 4.79 Å². The van der Waals surface area contributed by atoms with E-state index in [1.165, 1.54) is 11.3 Å². The predicted molar refractivity (Wildman–Crippen MR) is 132 cm³/mol. The number of carbonyl (C=O) groups excluding carboxylic acids is 1. The van der Waals surface area contributed by atoms with E-state index in [1.54, 1.807) is 19.2 Å². The van der Waals surface area contributed by atoms with E-state index in [0.717, 1.165) is 53.5 Å². The predicted octanol–water partition coefficient (Wildman–Crippen LogP) is 5.09. The summed E-state index contributed by atoms with van der Waals surface area (Å²) < 4.78 is 10.7. The molecule has 4 rings (SSSR count). The minimum absolute atomic E-state index is 0.0965. The maximum Gasteiger partial charge on any atom is 0.251 e. The molecule has 4 aromatic rings. The molecule has 1 amide bonds. The highest BCUT2D eigenvalue weighted by atomic mass is 32.1. The van der Waals surface area contributed by atoms with E-state index in [9.17, 15) is 4.79 Å². The van der Waals surface area contributed by atoms with Crippen LogP contribution in [0.4, 0.5) is 0 Å². The summed E-state index contributed by atoms with van der Waals surface area (Å²) in [6.07, 6.45) is 0.918. The fourth-order valence-corrected chi connectivity index (χ4v) is 4.47. The number of benzene rings is 2. The van der Waals surface area contributed by atoms with Crippen LogP contribution in [0, 0.1) is 0 Å². The number of carbonyl (C=O) groups is 1. The highest BCUT2D eigenvalue weighted by Gasteiger charge is 2.17. The Bertz CT molecular complexity index is 1210. The second-order valence-electron chi connectivity index (χ2n) is 7.64. The number of fused-ring (bicyclic) bond motifs is 1. The number of nitrogens with zero attached hydrogens (tertiary/aromatic N) is 3. The molecule has 0 aliphatic carbocycles. The average Bonchev–Trinajstić information content (AvgIpc) is 3.51. The van der Waals surface area contributed by atoms with Crippen molar-refractivity contribution < 1.29 is 14.1 Å². The lowest BCUT2D eigenvalue weighted by atomic mass is 10.1. The summed E-state index contributed by atoms with van der Waals surface area (Å²) in [6.45, 7) is 7.96. The lowest BCUT2D eigenvalue weighted by molar-refractivity contribution is 0.0952. The molecule has 0 radical (unpaired) electrons. The molecule has 0 saturated heterocycles. The van der Waals surface area contributed by atoms with Crippen LogP contribution < -0.4 is 10.1 Å². The Labute approximate surface area is 197 Å². The van der Waals surface area contributed by atoms with E-state index in [0.29, 0.717) is 23.4 Å². The smallest absolute Gasteiger partial charge is 0.251 e. The van der Waals surface area contributed by atoms with Gasteiger partial charge in [0, 0.05) is 23.1 Å². The van der Waals surface area contributed by atoms with Gasteiger partial charge in [-0.15, -0.1) is 11.3 Å². The van der Waals surface area contributed by atoms with Crippen molar-refractivity contribution in [2.45, 2.75) is 20.3 Å². The molecule has 0 spiro atoms. The molecular weight excluding hydrogens is 436 g/mol. The Morgan fingerprint density at radius 2 is 1.94 bits per heavy atom. The Hall–Kier alpha value is -3.23. The summed E-state index contributed by atoms with van der Waals surface area (Å²) in [5, 5.41) is 10.9. The molecule has 7 nitrogen and oxygen atoms in total. The van der Waals surface area contributed by atoms with Gasteiger partial charge in [0.1, 0.15) is 22.1 Å². The highest BCUT2D eigenvalue weighted by Crippen LogP contribution is 2.33. The van der Waals surface area contributed by atoms with Crippen molar-refractivity contribution in [1.82, 2.24) is 20.4 Å². The zero-order valence-corrected chi connectivity index (χ0v) is 19.9. The lowest BCUT2D eigenvalue weighted by Gasteiger charge is -2.17. The van der Waals surface area contributed by atoms with E-state index in [-0.39, 0.29) is 5.91 Å². The van der Waals surface area contributed by atoms with Gasteiger partial charge < -0.3 is 19.5 Å². The zero-order chi connectivity index (χ0) is 23.2. The monoisotopic (exact) mass is 464 g/mol. The Morgan fingerprint density at radius 3 is 2.67 bits per heavy atom. The summed E-state index contributed by atoms with van der Waals surface area (Å²) in [7, 11) is 1.65. The quantitative estimate of drug-likeness (QED) is 0.329. The lowest BCUT2D eigenvalue weighted by Crippen LogP contribution is -2.29. The van der Waals surface area contributed by atoms with Gasteiger partial charge in [-0.25, -0.2) is 4.98 Å². The number of ether oxygens (including phenoxy) is 1. The summed E-state index contributed by atoms with van der Waals surface area (Å²) in [5.41, 5.74) is 3.57. The van der Waals surface area contributed by atoms with Crippen LogP contribution in [0.5, 0.6) is 5.75 Å². The third-order valence-corrected chi connectivity index (χ3v) is 6.54. The van der Waals surface area contributed by atoms with Gasteiger partial charge in [-0.2, -0.15) is 0 Å². The third kappa shape index (κ3) is 5.23. The molecule has 33 heavy (non-hydrogen) atoms. The second kappa shape index (κ2) is 10.6. The van der Waals surface area contributed by atoms with Crippen LogP contribution in [-0.4, -0.2) is 54.2 Å². The number of aromatic nitrogens is 2. The summed E-state index contributed by atoms with van der Waals surface area (Å²) in [5.74, 6) is 0.706. The van der Waals surface area contributed by atoms with E-state index >= 15 is 0 Å². The van der Waals surface area contributed by atoms with Crippen molar-refractivity contribution in [2.24, 2.45) is 0 Å². The van der Waals surface area contributed by atoms with Crippen LogP contribution in [0.1, 0.15) is 30.6 Å². The topological polar surface area (TPSA) is 80.5 Å². The number of methoxy groups -OCH3 is 1. The van der Waals surface area contributed by atoms with Crippen LogP contribution in [-0.2, 0) is 0 Å². The summed E-state index contributed by atoms with van der Waals surface area (Å²) >= 11 is 1.54. The van der Waals surface area contributed by atoms with Crippen molar-refractivity contribution >= 4 is 28.2 Å². The molecular formula is C25H28N4O3S. The van der Waals surface area contributed by atoms with Gasteiger partial charge >= 0.3 is 0 Å². The second-order valence-corrected chi connectivity index (χ2v) is 8.50. The van der Waals surface area contributed by atoms with E-state index in [4.69, 9.17) is 14.2 Å². The van der Waals surface area contributed by atoms with Gasteiger partial charge in [-0.05, 0) is 68.5 Å². The van der Waals surface area contributed by atoms with Crippen molar-refractivity contribution in [1.29, 1.82) is 0 Å². The normalized spacial score (nSPS) is 11.3. The molecule has 2 aromatic heterocycles. The first kappa shape index (κ1) is 22.9. The molecule has 0 atom stereocenters. The fourth-order valence-electron chi connectivity index (χ4n) is 3.66. The van der Waals surface area contributed by atoms with Crippen molar-refractivity contribution in [2.75, 3.05) is 33.3 Å². The minimum Gasteiger partial charge on any atom is -0.497 e. The molecule has 0 aliphatic heterocycles. The molecule has 0 aliphatic rings. The summed E-state index contributed by atoms with van der Waals surface area (Å²) in [4.78, 5) is 19.8. The van der Waals surface area contributed by atoms with Gasteiger partial charge in [0.15, 0.2) is 5.58 Å². The molecule has 1 N–H and O–H groups in total. The third-order valence-electron chi connectivity index (χ3n) is 5.65. The van der Waals surface area contributed by atoms with Gasteiger partial charge in [0.2, 0.25) is 0 Å². The maximum absolute atomic E-state index is 12.7. The number of hydrogen-bond acceptors (Lipinski definition) is 7. The molecule has 2 heterocycles. The van der Waals surface area contributed by atoms with E-state index in [1.807, 2.05) is 35.7 Å². The first-order valence-corrected chi connectivity index (χ1v) is 12.0. The van der Waals surface area contributed by atoms with Gasteiger partial charge in [-0.1, -0.05) is 19.0 Å². The first-order chi connectivity index (χ1) is 16.1. The highest BCUT2D eigenvalue weighted by molar-refractivity contribution is 7.13. The van der Waals surface area contributed by atoms with Crippen molar-refractivity contribution in [3.8, 4) is 27.7 Å². The molecule has 0 saturated carbocycles. The van der Waals surface area contributed by atoms with E-state index < -0.39 is 0 Å². The van der Waals surface area contributed by atoms with Crippen molar-refractivity contribution in [3.05, 3.63) is 53.4 Å². The largest absolute Gasteiger partial charge is 0.497 e. The van der Waals surface area contributed by atoms with Crippen molar-refractivity contribution in [3.63, 3.8) is 0 Å². The zero-order valence-electron chi connectivity index (χ0n) is 19.1. The molecule has 0 unspecified atom stereocenters. The summed E-state index contributed by atoms with van der Waals surface area (Å²) in [6, 6.07) is 13.2. The number of amides is 1. The number of thiazole rings is 1. The van der Waals surface area contributed by atoms with Crippen LogP contribution in [0.3, 0.4) is 0 Å². The molecule has 2 aromatic carbocycles. The van der Waals surface area contributed by atoms with Gasteiger partial charge in [0.25, 0.3) is 5.91 Å². The van der Waals surface area contributed by atoms with Crippen LogP contribution >= 0.6 is 11.3 Å². The average molecular weight is 465 g/mol. The minimum atomic E-state index is -0.0965. The Balaban J connectivity index is 1.49. The SMILES string of the molecule is CCN(CC)CCCNC(=O)c1ccc2onc(-c3csc(-c4ccc(OC)cc4)n3)c2c1. The van der Waals surface area contributed by atoms with E-state index in [2.05, 4.69) is 29.2 Å². The van der Waals surface area contributed by atoms with Crippen LogP contribution in [0.15, 0.2) is 52.4 Å². The standard InChI is InChI=1S/C25H28N4O3S/c1-4-29(5-2)14-6-13-26-24(30)18-9-12-22-20(15-18)23(28-32-22)21-16-33-25(27-21)17-7-10-19(31-3)11-8-17/h7-12,15-16H,4-6,13-14H2,1-3H3,(H,26,30). The Morgan fingerprint density at radius 1 is 1.15 bits per heavy atom. The number of nitrogens with one attached hydrogen (secondary N) is 1. The van der Waals surface area contributed by atoms with Gasteiger partial charge in [0.05, 0.1) is 12.5 Å². The maximum atomic E-state index is 12.7. The number of hydrogen-bond donors (Lipinski definition) is 1. The van der Waals surface area contributed by atoms with Crippen LogP contribution in [0.25, 0.3) is 32.9 Å². The number of rotatable bonds is 10.